The first-order valence-corrected chi connectivity index (χ1v) is 6.02. The van der Waals surface area contributed by atoms with Gasteiger partial charge in [-0.15, -0.1) is 0 Å². The molecule has 0 bridgehead atoms. The first kappa shape index (κ1) is 10.4. The zero-order chi connectivity index (χ0) is 10.2. The second kappa shape index (κ2) is 3.49. The Kier molecular flexibility index (Phi) is 2.61. The van der Waals surface area contributed by atoms with Crippen LogP contribution in [0.25, 0.3) is 0 Å². The van der Waals surface area contributed by atoms with E-state index in [1.165, 1.54) is 45.3 Å². The molecular weight excluding hydrogens is 172 g/mol. The summed E-state index contributed by atoms with van der Waals surface area (Å²) in [5, 5.41) is 0. The smallest absolute Gasteiger partial charge is 0.00128 e. The molecule has 1 atom stereocenters. The molecule has 1 saturated carbocycles. The van der Waals surface area contributed by atoms with Crippen molar-refractivity contribution >= 4 is 0 Å². The normalized spacial score (nSPS) is 36.2. The minimum atomic E-state index is 0.482. The standard InChI is InChI=1S/C12H24N2/c1-11(2)9-12(11,10-13)5-8-14-6-3-4-7-14/h3-10,13H2,1-2H3. The van der Waals surface area contributed by atoms with Gasteiger partial charge in [0.05, 0.1) is 0 Å². The molecule has 2 N–H and O–H groups in total. The maximum atomic E-state index is 5.91. The van der Waals surface area contributed by atoms with E-state index in [2.05, 4.69) is 18.7 Å². The molecule has 1 saturated heterocycles. The maximum absolute atomic E-state index is 5.91. The van der Waals surface area contributed by atoms with Crippen LogP contribution in [0.15, 0.2) is 0 Å². The van der Waals surface area contributed by atoms with Gasteiger partial charge in [0.2, 0.25) is 0 Å². The van der Waals surface area contributed by atoms with E-state index in [1.54, 1.807) is 0 Å². The molecule has 0 aromatic heterocycles. The van der Waals surface area contributed by atoms with E-state index in [1.807, 2.05) is 0 Å². The second-order valence-corrected chi connectivity index (χ2v) is 5.84. The largest absolute Gasteiger partial charge is 0.330 e. The van der Waals surface area contributed by atoms with Gasteiger partial charge in [0.25, 0.3) is 0 Å². The van der Waals surface area contributed by atoms with Gasteiger partial charge in [0.1, 0.15) is 0 Å². The van der Waals surface area contributed by atoms with Crippen LogP contribution in [0.3, 0.4) is 0 Å². The molecule has 0 amide bonds. The fraction of sp³-hybridized carbons (Fsp3) is 1.00. The number of hydrogen-bond acceptors (Lipinski definition) is 2. The molecule has 0 aromatic carbocycles. The third kappa shape index (κ3) is 1.70. The minimum Gasteiger partial charge on any atom is -0.330 e. The molecule has 2 heteroatoms. The lowest BCUT2D eigenvalue weighted by Gasteiger charge is -2.22. The predicted octanol–water partition coefficient (Wildman–Crippen LogP) is 1.85. The highest BCUT2D eigenvalue weighted by atomic mass is 15.1. The lowest BCUT2D eigenvalue weighted by molar-refractivity contribution is 0.269. The van der Waals surface area contributed by atoms with Crippen molar-refractivity contribution in [3.8, 4) is 0 Å². The molecule has 0 spiro atoms. The van der Waals surface area contributed by atoms with Gasteiger partial charge < -0.3 is 10.6 Å². The third-order valence-electron chi connectivity index (χ3n) is 4.59. The lowest BCUT2D eigenvalue weighted by Crippen LogP contribution is -2.28. The summed E-state index contributed by atoms with van der Waals surface area (Å²) >= 11 is 0. The van der Waals surface area contributed by atoms with Gasteiger partial charge >= 0.3 is 0 Å². The van der Waals surface area contributed by atoms with Crippen LogP contribution >= 0.6 is 0 Å². The molecule has 2 rings (SSSR count). The van der Waals surface area contributed by atoms with Gasteiger partial charge in [-0.05, 0) is 62.7 Å². The molecule has 14 heavy (non-hydrogen) atoms. The quantitative estimate of drug-likeness (QED) is 0.743. The molecular formula is C12H24N2. The SMILES string of the molecule is CC1(C)CC1(CN)CCN1CCCC1. The molecule has 0 radical (unpaired) electrons. The summed E-state index contributed by atoms with van der Waals surface area (Å²) in [6.07, 6.45) is 5.46. The van der Waals surface area contributed by atoms with E-state index in [0.717, 1.165) is 6.54 Å². The van der Waals surface area contributed by atoms with Crippen molar-refractivity contribution in [3.05, 3.63) is 0 Å². The molecule has 0 aromatic rings. The van der Waals surface area contributed by atoms with Gasteiger partial charge in [-0.3, -0.25) is 0 Å². The van der Waals surface area contributed by atoms with Crippen LogP contribution in [-0.2, 0) is 0 Å². The summed E-state index contributed by atoms with van der Waals surface area (Å²) in [6, 6.07) is 0. The second-order valence-electron chi connectivity index (χ2n) is 5.84. The number of hydrogen-bond donors (Lipinski definition) is 1. The fourth-order valence-corrected chi connectivity index (χ4v) is 3.06. The number of rotatable bonds is 4. The van der Waals surface area contributed by atoms with Crippen molar-refractivity contribution in [2.24, 2.45) is 16.6 Å². The molecule has 1 unspecified atom stereocenters. The Bertz CT molecular complexity index is 206. The van der Waals surface area contributed by atoms with Crippen molar-refractivity contribution in [2.45, 2.75) is 39.5 Å². The van der Waals surface area contributed by atoms with Crippen LogP contribution in [0.5, 0.6) is 0 Å². The highest BCUT2D eigenvalue weighted by Crippen LogP contribution is 2.64. The number of likely N-dealkylation sites (tertiary alicyclic amines) is 1. The third-order valence-corrected chi connectivity index (χ3v) is 4.59. The molecule has 2 nitrogen and oxygen atoms in total. The zero-order valence-corrected chi connectivity index (χ0v) is 9.68. The molecule has 2 aliphatic rings. The molecule has 2 fully saturated rings. The topological polar surface area (TPSA) is 29.3 Å². The van der Waals surface area contributed by atoms with Crippen molar-refractivity contribution < 1.29 is 0 Å². The van der Waals surface area contributed by atoms with Crippen LogP contribution in [0.2, 0.25) is 0 Å². The Morgan fingerprint density at radius 1 is 1.21 bits per heavy atom. The Balaban J connectivity index is 1.79. The van der Waals surface area contributed by atoms with Gasteiger partial charge in [0, 0.05) is 0 Å². The average molecular weight is 196 g/mol. The van der Waals surface area contributed by atoms with Crippen molar-refractivity contribution in [3.63, 3.8) is 0 Å². The summed E-state index contributed by atoms with van der Waals surface area (Å²) in [4.78, 5) is 2.60. The van der Waals surface area contributed by atoms with Crippen molar-refractivity contribution in [1.29, 1.82) is 0 Å². The summed E-state index contributed by atoms with van der Waals surface area (Å²) in [5.74, 6) is 0. The molecule has 1 aliphatic carbocycles. The van der Waals surface area contributed by atoms with Crippen LogP contribution < -0.4 is 5.73 Å². The average Bonchev–Trinajstić information content (AvgIpc) is 2.56. The van der Waals surface area contributed by atoms with E-state index in [9.17, 15) is 0 Å². The van der Waals surface area contributed by atoms with E-state index in [4.69, 9.17) is 5.73 Å². The molecule has 82 valence electrons. The van der Waals surface area contributed by atoms with Gasteiger partial charge in [-0.25, -0.2) is 0 Å². The monoisotopic (exact) mass is 196 g/mol. The summed E-state index contributed by atoms with van der Waals surface area (Å²) in [5.41, 5.74) is 6.91. The first-order chi connectivity index (χ1) is 6.60. The Morgan fingerprint density at radius 2 is 1.79 bits per heavy atom. The Labute approximate surface area is 87.8 Å². The highest BCUT2D eigenvalue weighted by molar-refractivity contribution is 5.10. The number of nitrogens with zero attached hydrogens (tertiary/aromatic N) is 1. The van der Waals surface area contributed by atoms with Crippen molar-refractivity contribution in [2.75, 3.05) is 26.2 Å². The first-order valence-electron chi connectivity index (χ1n) is 6.02. The predicted molar refractivity (Wildman–Crippen MR) is 60.2 cm³/mol. The van der Waals surface area contributed by atoms with E-state index in [-0.39, 0.29) is 0 Å². The van der Waals surface area contributed by atoms with E-state index < -0.39 is 0 Å². The van der Waals surface area contributed by atoms with E-state index >= 15 is 0 Å². The van der Waals surface area contributed by atoms with Crippen LogP contribution in [0, 0.1) is 10.8 Å². The van der Waals surface area contributed by atoms with Crippen molar-refractivity contribution in [1.82, 2.24) is 4.90 Å². The van der Waals surface area contributed by atoms with Crippen LogP contribution in [0.4, 0.5) is 0 Å². The fourth-order valence-electron chi connectivity index (χ4n) is 3.06. The Hall–Kier alpha value is -0.0800. The van der Waals surface area contributed by atoms with Gasteiger partial charge in [-0.1, -0.05) is 13.8 Å². The molecule has 1 aliphatic heterocycles. The summed E-state index contributed by atoms with van der Waals surface area (Å²) in [7, 11) is 0. The van der Waals surface area contributed by atoms with Gasteiger partial charge in [0.15, 0.2) is 0 Å². The van der Waals surface area contributed by atoms with E-state index in [0.29, 0.717) is 10.8 Å². The maximum Gasteiger partial charge on any atom is -0.00128 e. The van der Waals surface area contributed by atoms with Crippen LogP contribution in [0.1, 0.15) is 39.5 Å². The van der Waals surface area contributed by atoms with Gasteiger partial charge in [-0.2, -0.15) is 0 Å². The number of nitrogens with two attached hydrogens (primary N) is 1. The highest BCUT2D eigenvalue weighted by Gasteiger charge is 2.59. The molecule has 1 heterocycles. The minimum absolute atomic E-state index is 0.482. The Morgan fingerprint density at radius 3 is 2.21 bits per heavy atom. The van der Waals surface area contributed by atoms with Crippen LogP contribution in [-0.4, -0.2) is 31.1 Å². The summed E-state index contributed by atoms with van der Waals surface area (Å²) < 4.78 is 0. The summed E-state index contributed by atoms with van der Waals surface area (Å²) in [6.45, 7) is 9.53. The zero-order valence-electron chi connectivity index (χ0n) is 9.68. The lowest BCUT2D eigenvalue weighted by atomic mass is 9.92.